The molecule has 3 aromatic heterocycles. The molecule has 1 N–H and O–H groups in total. The van der Waals surface area contributed by atoms with E-state index in [-0.39, 0.29) is 5.56 Å². The van der Waals surface area contributed by atoms with Crippen LogP contribution >= 0.6 is 0 Å². The van der Waals surface area contributed by atoms with E-state index in [0.29, 0.717) is 29.0 Å². The highest BCUT2D eigenvalue weighted by molar-refractivity contribution is 5.76. The van der Waals surface area contributed by atoms with Crippen LogP contribution in [0.1, 0.15) is 17.1 Å². The van der Waals surface area contributed by atoms with Gasteiger partial charge in [0.25, 0.3) is 5.56 Å². The molecule has 0 unspecified atom stereocenters. The average Bonchev–Trinajstić information content (AvgIpc) is 3.17. The lowest BCUT2D eigenvalue weighted by Crippen LogP contribution is -2.13. The van der Waals surface area contributed by atoms with Crippen molar-refractivity contribution < 1.29 is 0 Å². The van der Waals surface area contributed by atoms with Crippen LogP contribution in [0.15, 0.2) is 53.6 Å². The maximum atomic E-state index is 12.3. The SMILES string of the molecule is Cc1nn(C)c2nc(Cc3ccc(-n4cccc4)cc3)[nH]c(=O)c12. The third-order valence-corrected chi connectivity index (χ3v) is 4.13. The van der Waals surface area contributed by atoms with Crippen molar-refractivity contribution in [1.82, 2.24) is 24.3 Å². The molecule has 0 fully saturated rings. The zero-order chi connectivity index (χ0) is 16.7. The van der Waals surface area contributed by atoms with Gasteiger partial charge in [0.2, 0.25) is 0 Å². The Balaban J connectivity index is 1.67. The molecule has 4 aromatic rings. The molecule has 0 aliphatic carbocycles. The van der Waals surface area contributed by atoms with Gasteiger partial charge >= 0.3 is 0 Å². The van der Waals surface area contributed by atoms with Gasteiger partial charge in [0, 0.05) is 31.5 Å². The van der Waals surface area contributed by atoms with E-state index in [4.69, 9.17) is 0 Å². The van der Waals surface area contributed by atoms with Crippen LogP contribution in [-0.4, -0.2) is 24.3 Å². The predicted octanol–water partition coefficient (Wildman–Crippen LogP) is 2.35. The van der Waals surface area contributed by atoms with Gasteiger partial charge in [-0.25, -0.2) is 9.67 Å². The quantitative estimate of drug-likeness (QED) is 0.630. The Labute approximate surface area is 138 Å². The second-order valence-corrected chi connectivity index (χ2v) is 5.85. The van der Waals surface area contributed by atoms with Crippen LogP contribution in [0.4, 0.5) is 0 Å². The molecule has 6 heteroatoms. The van der Waals surface area contributed by atoms with Gasteiger partial charge in [0.1, 0.15) is 11.2 Å². The lowest BCUT2D eigenvalue weighted by Gasteiger charge is -2.06. The highest BCUT2D eigenvalue weighted by Crippen LogP contribution is 2.14. The van der Waals surface area contributed by atoms with Gasteiger partial charge in [0.15, 0.2) is 5.65 Å². The van der Waals surface area contributed by atoms with E-state index in [0.717, 1.165) is 11.3 Å². The van der Waals surface area contributed by atoms with Crippen LogP contribution in [-0.2, 0) is 13.5 Å². The fourth-order valence-electron chi connectivity index (χ4n) is 2.96. The number of rotatable bonds is 3. The zero-order valence-corrected chi connectivity index (χ0v) is 13.5. The summed E-state index contributed by atoms with van der Waals surface area (Å²) in [6, 6.07) is 12.2. The summed E-state index contributed by atoms with van der Waals surface area (Å²) in [4.78, 5) is 19.7. The summed E-state index contributed by atoms with van der Waals surface area (Å²) >= 11 is 0. The molecule has 0 aliphatic rings. The second kappa shape index (κ2) is 5.49. The molecule has 0 atom stereocenters. The van der Waals surface area contributed by atoms with E-state index >= 15 is 0 Å². The third-order valence-electron chi connectivity index (χ3n) is 4.13. The Kier molecular flexibility index (Phi) is 3.30. The number of aromatic nitrogens is 5. The Morgan fingerprint density at radius 2 is 1.83 bits per heavy atom. The van der Waals surface area contributed by atoms with Crippen molar-refractivity contribution in [3.05, 3.63) is 76.2 Å². The van der Waals surface area contributed by atoms with Crippen LogP contribution in [0, 0.1) is 6.92 Å². The number of aryl methyl sites for hydroxylation is 2. The molecule has 3 heterocycles. The highest BCUT2D eigenvalue weighted by atomic mass is 16.1. The number of H-pyrrole nitrogens is 1. The van der Waals surface area contributed by atoms with Crippen molar-refractivity contribution in [2.75, 3.05) is 0 Å². The summed E-state index contributed by atoms with van der Waals surface area (Å²) in [5.41, 5.74) is 3.37. The number of nitrogens with zero attached hydrogens (tertiary/aromatic N) is 4. The van der Waals surface area contributed by atoms with Gasteiger partial charge in [-0.3, -0.25) is 4.79 Å². The molecule has 0 radical (unpaired) electrons. The maximum absolute atomic E-state index is 12.3. The first-order valence-corrected chi connectivity index (χ1v) is 7.76. The molecule has 24 heavy (non-hydrogen) atoms. The van der Waals surface area contributed by atoms with Gasteiger partial charge in [0.05, 0.1) is 5.69 Å². The first kappa shape index (κ1) is 14.4. The van der Waals surface area contributed by atoms with Gasteiger partial charge in [-0.05, 0) is 36.8 Å². The van der Waals surface area contributed by atoms with Gasteiger partial charge in [-0.15, -0.1) is 0 Å². The summed E-state index contributed by atoms with van der Waals surface area (Å²) in [5.74, 6) is 0.643. The summed E-state index contributed by atoms with van der Waals surface area (Å²) < 4.78 is 3.70. The normalized spacial score (nSPS) is 11.2. The van der Waals surface area contributed by atoms with Crippen LogP contribution in [0.3, 0.4) is 0 Å². The smallest absolute Gasteiger partial charge is 0.262 e. The first-order valence-electron chi connectivity index (χ1n) is 7.76. The molecule has 1 aromatic carbocycles. The van der Waals surface area contributed by atoms with Crippen LogP contribution in [0.5, 0.6) is 0 Å². The lowest BCUT2D eigenvalue weighted by atomic mass is 10.1. The number of hydrogen-bond acceptors (Lipinski definition) is 3. The fraction of sp³-hybridized carbons (Fsp3) is 0.167. The molecular formula is C18H17N5O. The minimum Gasteiger partial charge on any atom is -0.324 e. The van der Waals surface area contributed by atoms with E-state index in [1.54, 1.807) is 11.7 Å². The third kappa shape index (κ3) is 2.42. The van der Waals surface area contributed by atoms with E-state index in [1.165, 1.54) is 0 Å². The van der Waals surface area contributed by atoms with E-state index < -0.39 is 0 Å². The number of hydrogen-bond donors (Lipinski definition) is 1. The summed E-state index contributed by atoms with van der Waals surface area (Å²) in [5, 5.41) is 4.83. The second-order valence-electron chi connectivity index (χ2n) is 5.85. The molecule has 0 bridgehead atoms. The molecule has 0 aliphatic heterocycles. The fourth-order valence-corrected chi connectivity index (χ4v) is 2.96. The Bertz CT molecular complexity index is 1060. The van der Waals surface area contributed by atoms with Crippen LogP contribution < -0.4 is 5.56 Å². The van der Waals surface area contributed by atoms with Crippen LogP contribution in [0.2, 0.25) is 0 Å². The Morgan fingerprint density at radius 3 is 2.54 bits per heavy atom. The van der Waals surface area contributed by atoms with Crippen molar-refractivity contribution in [2.24, 2.45) is 7.05 Å². The van der Waals surface area contributed by atoms with Crippen molar-refractivity contribution >= 4 is 11.0 Å². The summed E-state index contributed by atoms with van der Waals surface area (Å²) in [7, 11) is 1.80. The Morgan fingerprint density at radius 1 is 1.12 bits per heavy atom. The number of aromatic amines is 1. The van der Waals surface area contributed by atoms with Gasteiger partial charge < -0.3 is 9.55 Å². The molecule has 0 saturated carbocycles. The number of nitrogens with one attached hydrogen (secondary N) is 1. The summed E-state index contributed by atoms with van der Waals surface area (Å²) in [6.07, 6.45) is 4.58. The molecule has 120 valence electrons. The molecule has 0 amide bonds. The van der Waals surface area contributed by atoms with Crippen molar-refractivity contribution in [3.63, 3.8) is 0 Å². The first-order chi connectivity index (χ1) is 11.6. The molecule has 0 spiro atoms. The van der Waals surface area contributed by atoms with Crippen LogP contribution in [0.25, 0.3) is 16.7 Å². The highest BCUT2D eigenvalue weighted by Gasteiger charge is 2.12. The van der Waals surface area contributed by atoms with E-state index in [1.807, 2.05) is 48.1 Å². The van der Waals surface area contributed by atoms with Gasteiger partial charge in [-0.2, -0.15) is 5.10 Å². The van der Waals surface area contributed by atoms with E-state index in [2.05, 4.69) is 27.2 Å². The van der Waals surface area contributed by atoms with Crippen molar-refractivity contribution in [3.8, 4) is 5.69 Å². The monoisotopic (exact) mass is 319 g/mol. The van der Waals surface area contributed by atoms with Gasteiger partial charge in [-0.1, -0.05) is 12.1 Å². The zero-order valence-electron chi connectivity index (χ0n) is 13.5. The topological polar surface area (TPSA) is 68.5 Å². The molecule has 4 rings (SSSR count). The molecule has 0 saturated heterocycles. The average molecular weight is 319 g/mol. The van der Waals surface area contributed by atoms with Crippen molar-refractivity contribution in [1.29, 1.82) is 0 Å². The molecule has 6 nitrogen and oxygen atoms in total. The van der Waals surface area contributed by atoms with E-state index in [9.17, 15) is 4.79 Å². The number of fused-ring (bicyclic) bond motifs is 1. The molecular weight excluding hydrogens is 302 g/mol. The maximum Gasteiger partial charge on any atom is 0.262 e. The minimum atomic E-state index is -0.135. The predicted molar refractivity (Wildman–Crippen MR) is 92.4 cm³/mol. The number of benzene rings is 1. The summed E-state index contributed by atoms with van der Waals surface area (Å²) in [6.45, 7) is 1.82. The largest absolute Gasteiger partial charge is 0.324 e. The Hall–Kier alpha value is -3.15. The lowest BCUT2D eigenvalue weighted by molar-refractivity contribution is 0.769. The van der Waals surface area contributed by atoms with Crippen molar-refractivity contribution in [2.45, 2.75) is 13.3 Å². The standard InChI is InChI=1S/C18H17N5O/c1-12-16-17(22(2)21-12)19-15(20-18(16)24)11-13-5-7-14(8-6-13)23-9-3-4-10-23/h3-10H,11H2,1-2H3,(H,19,20,24). The minimum absolute atomic E-state index is 0.135.